The molecule has 0 unspecified atom stereocenters. The van der Waals surface area contributed by atoms with E-state index in [1.807, 2.05) is 24.3 Å². The van der Waals surface area contributed by atoms with Gasteiger partial charge < -0.3 is 10.9 Å². The molecule has 0 bridgehead atoms. The van der Waals surface area contributed by atoms with Crippen molar-refractivity contribution in [1.82, 2.24) is 4.90 Å². The fourth-order valence-electron chi connectivity index (χ4n) is 1.70. The summed E-state index contributed by atoms with van der Waals surface area (Å²) in [4.78, 5) is 2.25. The summed E-state index contributed by atoms with van der Waals surface area (Å²) < 4.78 is 0. The van der Waals surface area contributed by atoms with Crippen molar-refractivity contribution >= 4 is 17.4 Å². The number of nitrogens with two attached hydrogens (primary N) is 1. The van der Waals surface area contributed by atoms with Gasteiger partial charge in [-0.2, -0.15) is 0 Å². The largest absolute Gasteiger partial charge is 0.409 e. The van der Waals surface area contributed by atoms with Crippen LogP contribution < -0.4 is 5.73 Å². The molecule has 0 saturated heterocycles. The van der Waals surface area contributed by atoms with Gasteiger partial charge in [0.15, 0.2) is 0 Å². The first-order valence-corrected chi connectivity index (χ1v) is 6.35. The highest BCUT2D eigenvalue weighted by Gasteiger charge is 2.11. The number of oxime groups is 1. The molecule has 1 aromatic carbocycles. The number of nitrogens with zero attached hydrogens (tertiary/aromatic N) is 2. The van der Waals surface area contributed by atoms with Crippen LogP contribution in [0.5, 0.6) is 0 Å². The van der Waals surface area contributed by atoms with E-state index in [2.05, 4.69) is 23.9 Å². The van der Waals surface area contributed by atoms with Crippen LogP contribution in [0.2, 0.25) is 5.02 Å². The lowest BCUT2D eigenvalue weighted by Crippen LogP contribution is -2.33. The average molecular weight is 270 g/mol. The van der Waals surface area contributed by atoms with E-state index < -0.39 is 0 Å². The van der Waals surface area contributed by atoms with Gasteiger partial charge in [-0.15, -0.1) is 0 Å². The molecular weight excluding hydrogens is 250 g/mol. The summed E-state index contributed by atoms with van der Waals surface area (Å²) in [5.74, 6) is 0.256. The first kappa shape index (κ1) is 14.8. The van der Waals surface area contributed by atoms with Crippen LogP contribution in [-0.4, -0.2) is 28.5 Å². The fraction of sp³-hybridized carbons (Fsp3) is 0.462. The van der Waals surface area contributed by atoms with Crippen LogP contribution in [0.25, 0.3) is 0 Å². The monoisotopic (exact) mass is 269 g/mol. The molecule has 0 saturated carbocycles. The van der Waals surface area contributed by atoms with Crippen molar-refractivity contribution in [2.75, 3.05) is 6.54 Å². The quantitative estimate of drug-likeness (QED) is 0.361. The second-order valence-electron chi connectivity index (χ2n) is 4.54. The Balaban J connectivity index is 2.63. The highest BCUT2D eigenvalue weighted by molar-refractivity contribution is 6.30. The molecule has 1 aromatic rings. The Morgan fingerprint density at radius 3 is 2.78 bits per heavy atom. The molecule has 0 aliphatic rings. The van der Waals surface area contributed by atoms with Gasteiger partial charge in [0.2, 0.25) is 0 Å². The maximum absolute atomic E-state index is 8.54. The highest BCUT2D eigenvalue weighted by atomic mass is 35.5. The van der Waals surface area contributed by atoms with Crippen molar-refractivity contribution in [3.8, 4) is 0 Å². The predicted molar refractivity (Wildman–Crippen MR) is 75.0 cm³/mol. The molecule has 0 heterocycles. The Morgan fingerprint density at radius 2 is 2.22 bits per heavy atom. The van der Waals surface area contributed by atoms with Gasteiger partial charge in [-0.3, -0.25) is 4.90 Å². The normalized spacial score (nSPS) is 12.4. The standard InChI is InChI=1S/C13H20ClN3O/c1-10(2)17(7-6-13(15)16-18)9-11-4-3-5-12(14)8-11/h3-5,8,10,18H,6-7,9H2,1-2H3,(H2,15,16). The number of hydrogen-bond acceptors (Lipinski definition) is 3. The van der Waals surface area contributed by atoms with E-state index in [0.29, 0.717) is 12.5 Å². The third kappa shape index (κ3) is 4.94. The van der Waals surface area contributed by atoms with Gasteiger partial charge in [0.05, 0.1) is 0 Å². The molecule has 100 valence electrons. The SMILES string of the molecule is CC(C)N(CCC(N)=NO)Cc1cccc(Cl)c1. The van der Waals surface area contributed by atoms with E-state index >= 15 is 0 Å². The Bertz CT molecular complexity index is 407. The van der Waals surface area contributed by atoms with Crippen molar-refractivity contribution in [2.45, 2.75) is 32.9 Å². The summed E-state index contributed by atoms with van der Waals surface area (Å²) in [6.45, 7) is 5.80. The minimum Gasteiger partial charge on any atom is -0.409 e. The van der Waals surface area contributed by atoms with Crippen LogP contribution >= 0.6 is 11.6 Å². The zero-order valence-corrected chi connectivity index (χ0v) is 11.6. The second kappa shape index (κ2) is 7.24. The molecule has 5 heteroatoms. The molecule has 0 amide bonds. The minimum atomic E-state index is 0.256. The topological polar surface area (TPSA) is 61.8 Å². The molecule has 0 aliphatic heterocycles. The van der Waals surface area contributed by atoms with Gasteiger partial charge in [0.1, 0.15) is 5.84 Å². The average Bonchev–Trinajstić information content (AvgIpc) is 2.33. The number of hydrogen-bond donors (Lipinski definition) is 2. The van der Waals surface area contributed by atoms with E-state index in [-0.39, 0.29) is 5.84 Å². The molecule has 0 spiro atoms. The molecule has 4 nitrogen and oxygen atoms in total. The lowest BCUT2D eigenvalue weighted by Gasteiger charge is -2.26. The Kier molecular flexibility index (Phi) is 5.95. The van der Waals surface area contributed by atoms with Crippen molar-refractivity contribution < 1.29 is 5.21 Å². The van der Waals surface area contributed by atoms with Gasteiger partial charge in [0, 0.05) is 30.6 Å². The Labute approximate surface area is 113 Å². The van der Waals surface area contributed by atoms with Gasteiger partial charge in [-0.1, -0.05) is 28.9 Å². The van der Waals surface area contributed by atoms with Crippen LogP contribution in [0.1, 0.15) is 25.8 Å². The van der Waals surface area contributed by atoms with Crippen molar-refractivity contribution in [3.05, 3.63) is 34.9 Å². The molecule has 1 rings (SSSR count). The van der Waals surface area contributed by atoms with Crippen LogP contribution in [-0.2, 0) is 6.54 Å². The summed E-state index contributed by atoms with van der Waals surface area (Å²) >= 11 is 5.97. The van der Waals surface area contributed by atoms with Crippen molar-refractivity contribution in [2.24, 2.45) is 10.9 Å². The predicted octanol–water partition coefficient (Wildman–Crippen LogP) is 2.69. The van der Waals surface area contributed by atoms with Crippen molar-refractivity contribution in [1.29, 1.82) is 0 Å². The zero-order chi connectivity index (χ0) is 13.5. The third-order valence-corrected chi connectivity index (χ3v) is 3.02. The summed E-state index contributed by atoms with van der Waals surface area (Å²) in [6.07, 6.45) is 0.551. The molecule has 0 atom stereocenters. The van der Waals surface area contributed by atoms with Gasteiger partial charge in [0.25, 0.3) is 0 Å². The van der Waals surface area contributed by atoms with Crippen LogP contribution in [0.3, 0.4) is 0 Å². The summed E-state index contributed by atoms with van der Waals surface area (Å²) in [6, 6.07) is 8.20. The van der Waals surface area contributed by atoms with E-state index in [9.17, 15) is 0 Å². The van der Waals surface area contributed by atoms with Crippen LogP contribution in [0.15, 0.2) is 29.4 Å². The fourth-order valence-corrected chi connectivity index (χ4v) is 1.91. The maximum atomic E-state index is 8.54. The van der Waals surface area contributed by atoms with E-state index in [1.165, 1.54) is 0 Å². The van der Waals surface area contributed by atoms with E-state index in [1.54, 1.807) is 0 Å². The number of rotatable bonds is 6. The number of amidine groups is 1. The van der Waals surface area contributed by atoms with Crippen molar-refractivity contribution in [3.63, 3.8) is 0 Å². The van der Waals surface area contributed by atoms with Gasteiger partial charge >= 0.3 is 0 Å². The zero-order valence-electron chi connectivity index (χ0n) is 10.8. The Hall–Kier alpha value is -1.26. The lowest BCUT2D eigenvalue weighted by molar-refractivity contribution is 0.218. The summed E-state index contributed by atoms with van der Waals surface area (Å²) in [7, 11) is 0. The molecule has 3 N–H and O–H groups in total. The van der Waals surface area contributed by atoms with E-state index in [4.69, 9.17) is 22.5 Å². The third-order valence-electron chi connectivity index (χ3n) is 2.79. The van der Waals surface area contributed by atoms with Gasteiger partial charge in [-0.25, -0.2) is 0 Å². The van der Waals surface area contributed by atoms with E-state index in [0.717, 1.165) is 23.7 Å². The molecule has 0 aromatic heterocycles. The molecule has 0 radical (unpaired) electrons. The summed E-state index contributed by atoms with van der Waals surface area (Å²) in [5, 5.41) is 12.3. The van der Waals surface area contributed by atoms with Gasteiger partial charge in [-0.05, 0) is 31.5 Å². The molecule has 0 aliphatic carbocycles. The van der Waals surface area contributed by atoms with Crippen LogP contribution in [0.4, 0.5) is 0 Å². The van der Waals surface area contributed by atoms with Crippen LogP contribution in [0, 0.1) is 0 Å². The number of benzene rings is 1. The minimum absolute atomic E-state index is 0.256. The second-order valence-corrected chi connectivity index (χ2v) is 4.97. The molecule has 0 fully saturated rings. The lowest BCUT2D eigenvalue weighted by atomic mass is 10.2. The Morgan fingerprint density at radius 1 is 1.50 bits per heavy atom. The first-order chi connectivity index (χ1) is 8.52. The maximum Gasteiger partial charge on any atom is 0.140 e. The molecule has 18 heavy (non-hydrogen) atoms. The smallest absolute Gasteiger partial charge is 0.140 e. The highest BCUT2D eigenvalue weighted by Crippen LogP contribution is 2.14. The first-order valence-electron chi connectivity index (χ1n) is 5.98. The number of halogens is 1. The summed E-state index contributed by atoms with van der Waals surface area (Å²) in [5.41, 5.74) is 6.65. The molecular formula is C13H20ClN3O.